The van der Waals surface area contributed by atoms with Gasteiger partial charge in [-0.3, -0.25) is 0 Å². The molecule has 0 saturated heterocycles. The van der Waals surface area contributed by atoms with E-state index in [1.807, 2.05) is 11.9 Å². The lowest BCUT2D eigenvalue weighted by Gasteiger charge is -2.23. The average Bonchev–Trinajstić information content (AvgIpc) is 2.59. The summed E-state index contributed by atoms with van der Waals surface area (Å²) in [7, 11) is 8.03. The first-order valence-electron chi connectivity index (χ1n) is 7.39. The van der Waals surface area contributed by atoms with Gasteiger partial charge in [-0.2, -0.15) is 0 Å². The summed E-state index contributed by atoms with van der Waals surface area (Å²) in [5.74, 6) is 2.11. The number of likely N-dealkylation sites (N-methyl/N-ethyl adjacent to an activating group) is 1. The highest BCUT2D eigenvalue weighted by Crippen LogP contribution is 2.44. The molecule has 8 nitrogen and oxygen atoms in total. The summed E-state index contributed by atoms with van der Waals surface area (Å²) in [5.41, 5.74) is 0.605. The number of fused-ring (bicyclic) bond motifs is 1. The van der Waals surface area contributed by atoms with E-state index >= 15 is 0 Å². The molecule has 1 heterocycles. The molecule has 0 spiro atoms. The van der Waals surface area contributed by atoms with Crippen LogP contribution in [0.1, 0.15) is 0 Å². The molecular weight excluding hydrogens is 314 g/mol. The molecule has 1 N–H and O–H groups in total. The number of aromatic nitrogens is 2. The lowest BCUT2D eigenvalue weighted by atomic mass is 10.1. The summed E-state index contributed by atoms with van der Waals surface area (Å²) in [5, 5.41) is 10.7. The fraction of sp³-hybridized carbons (Fsp3) is 0.500. The normalized spacial score (nSPS) is 12.1. The Morgan fingerprint density at radius 2 is 1.79 bits per heavy atom. The van der Waals surface area contributed by atoms with Crippen LogP contribution in [0.2, 0.25) is 0 Å². The van der Waals surface area contributed by atoms with Gasteiger partial charge in [-0.25, -0.2) is 9.97 Å². The van der Waals surface area contributed by atoms with E-state index in [0.29, 0.717) is 35.1 Å². The molecule has 0 aliphatic carbocycles. The second-order valence-electron chi connectivity index (χ2n) is 5.23. The molecule has 8 heteroatoms. The molecule has 24 heavy (non-hydrogen) atoms. The van der Waals surface area contributed by atoms with Crippen LogP contribution in [0.5, 0.6) is 17.2 Å². The Kier molecular flexibility index (Phi) is 5.99. The predicted molar refractivity (Wildman–Crippen MR) is 90.3 cm³/mol. The first-order chi connectivity index (χ1) is 11.6. The summed E-state index contributed by atoms with van der Waals surface area (Å²) in [4.78, 5) is 10.5. The van der Waals surface area contributed by atoms with Crippen molar-refractivity contribution >= 4 is 16.7 Å². The minimum absolute atomic E-state index is 0.244. The van der Waals surface area contributed by atoms with E-state index < -0.39 is 6.10 Å². The van der Waals surface area contributed by atoms with Crippen molar-refractivity contribution in [3.63, 3.8) is 0 Å². The van der Waals surface area contributed by atoms with Gasteiger partial charge < -0.3 is 29.0 Å². The van der Waals surface area contributed by atoms with E-state index in [0.717, 1.165) is 5.39 Å². The van der Waals surface area contributed by atoms with Crippen molar-refractivity contribution in [2.75, 3.05) is 53.5 Å². The maximum Gasteiger partial charge on any atom is 0.205 e. The fourth-order valence-corrected chi connectivity index (χ4v) is 2.60. The first kappa shape index (κ1) is 18.0. The Balaban J connectivity index is 2.56. The maximum atomic E-state index is 9.96. The molecule has 1 atom stereocenters. The predicted octanol–water partition coefficient (Wildman–Crippen LogP) is 1.10. The quantitative estimate of drug-likeness (QED) is 0.766. The van der Waals surface area contributed by atoms with E-state index in [-0.39, 0.29) is 6.61 Å². The van der Waals surface area contributed by atoms with E-state index in [9.17, 15) is 5.11 Å². The molecule has 1 unspecified atom stereocenters. The lowest BCUT2D eigenvalue weighted by Crippen LogP contribution is -2.32. The SMILES string of the molecule is COCC(O)CN(C)c1ncnc2c(OC)c(OC)c(OC)cc12. The van der Waals surface area contributed by atoms with Gasteiger partial charge in [0, 0.05) is 20.7 Å². The number of methoxy groups -OCH3 is 4. The van der Waals surface area contributed by atoms with Crippen molar-refractivity contribution in [3.05, 3.63) is 12.4 Å². The largest absolute Gasteiger partial charge is 0.493 e. The second-order valence-corrected chi connectivity index (χ2v) is 5.23. The molecule has 1 aromatic heterocycles. The van der Waals surface area contributed by atoms with Crippen LogP contribution in [0.3, 0.4) is 0 Å². The number of aliphatic hydroxyl groups excluding tert-OH is 1. The second kappa shape index (κ2) is 7.98. The molecule has 2 aromatic rings. The molecule has 1 aromatic carbocycles. The monoisotopic (exact) mass is 337 g/mol. The number of aliphatic hydroxyl groups is 1. The van der Waals surface area contributed by atoms with Gasteiger partial charge in [0.25, 0.3) is 0 Å². The number of rotatable bonds is 8. The number of ether oxygens (including phenoxy) is 4. The van der Waals surface area contributed by atoms with Crippen molar-refractivity contribution in [1.82, 2.24) is 9.97 Å². The summed E-state index contributed by atoms with van der Waals surface area (Å²) < 4.78 is 21.2. The third kappa shape index (κ3) is 3.44. The van der Waals surface area contributed by atoms with Crippen molar-refractivity contribution < 1.29 is 24.1 Å². The Hall–Kier alpha value is -2.32. The molecule has 0 amide bonds. The van der Waals surface area contributed by atoms with Crippen molar-refractivity contribution in [3.8, 4) is 17.2 Å². The van der Waals surface area contributed by atoms with Gasteiger partial charge in [-0.05, 0) is 6.07 Å². The Bertz CT molecular complexity index is 695. The van der Waals surface area contributed by atoms with Gasteiger partial charge in [0.05, 0.1) is 39.4 Å². The van der Waals surface area contributed by atoms with Crippen molar-refractivity contribution in [2.24, 2.45) is 0 Å². The smallest absolute Gasteiger partial charge is 0.205 e. The molecule has 132 valence electrons. The number of nitrogens with zero attached hydrogens (tertiary/aromatic N) is 3. The van der Waals surface area contributed by atoms with Crippen LogP contribution in [0.4, 0.5) is 5.82 Å². The minimum atomic E-state index is -0.632. The number of hydrogen-bond donors (Lipinski definition) is 1. The number of hydrogen-bond acceptors (Lipinski definition) is 8. The lowest BCUT2D eigenvalue weighted by molar-refractivity contribution is 0.0694. The molecule has 0 aliphatic rings. The fourth-order valence-electron chi connectivity index (χ4n) is 2.60. The van der Waals surface area contributed by atoms with Crippen LogP contribution in [0, 0.1) is 0 Å². The van der Waals surface area contributed by atoms with Gasteiger partial charge in [-0.15, -0.1) is 0 Å². The Labute approximate surface area is 140 Å². The van der Waals surface area contributed by atoms with Crippen LogP contribution in [-0.2, 0) is 4.74 Å². The Morgan fingerprint density at radius 1 is 1.08 bits per heavy atom. The molecule has 0 fully saturated rings. The molecule has 2 rings (SSSR count). The summed E-state index contributed by atoms with van der Waals surface area (Å²) in [6.07, 6.45) is 0.817. The summed E-state index contributed by atoms with van der Waals surface area (Å²) in [6, 6.07) is 1.80. The van der Waals surface area contributed by atoms with E-state index in [1.54, 1.807) is 34.5 Å². The topological polar surface area (TPSA) is 86.2 Å². The summed E-state index contributed by atoms with van der Waals surface area (Å²) in [6.45, 7) is 0.602. The van der Waals surface area contributed by atoms with Crippen molar-refractivity contribution in [2.45, 2.75) is 6.10 Å². The van der Waals surface area contributed by atoms with Crippen molar-refractivity contribution in [1.29, 1.82) is 0 Å². The third-order valence-corrected chi connectivity index (χ3v) is 3.62. The van der Waals surface area contributed by atoms with Crippen LogP contribution >= 0.6 is 0 Å². The number of benzene rings is 1. The molecule has 0 aliphatic heterocycles. The molecule has 0 saturated carbocycles. The number of anilines is 1. The van der Waals surface area contributed by atoms with E-state index in [4.69, 9.17) is 18.9 Å². The highest BCUT2D eigenvalue weighted by molar-refractivity contribution is 5.96. The zero-order valence-corrected chi connectivity index (χ0v) is 14.6. The van der Waals surface area contributed by atoms with E-state index in [2.05, 4.69) is 9.97 Å². The molecular formula is C16H23N3O5. The minimum Gasteiger partial charge on any atom is -0.493 e. The molecule has 0 bridgehead atoms. The zero-order valence-electron chi connectivity index (χ0n) is 14.6. The highest BCUT2D eigenvalue weighted by atomic mass is 16.5. The van der Waals surface area contributed by atoms with Gasteiger partial charge >= 0.3 is 0 Å². The highest BCUT2D eigenvalue weighted by Gasteiger charge is 2.21. The van der Waals surface area contributed by atoms with Crippen LogP contribution < -0.4 is 19.1 Å². The van der Waals surface area contributed by atoms with Gasteiger partial charge in [0.2, 0.25) is 5.75 Å². The standard InChI is InChI=1S/C16H23N3O5/c1-19(7-10(20)8-21-2)16-11-6-12(22-3)14(23-4)15(24-5)13(11)17-9-18-16/h6,9-10,20H,7-8H2,1-5H3. The zero-order chi connectivity index (χ0) is 17.7. The average molecular weight is 337 g/mol. The van der Waals surface area contributed by atoms with Crippen LogP contribution in [0.25, 0.3) is 10.9 Å². The van der Waals surface area contributed by atoms with Crippen LogP contribution in [0.15, 0.2) is 12.4 Å². The maximum absolute atomic E-state index is 9.96. The van der Waals surface area contributed by atoms with Gasteiger partial charge in [0.15, 0.2) is 11.5 Å². The first-order valence-corrected chi connectivity index (χ1v) is 7.39. The summed E-state index contributed by atoms with van der Waals surface area (Å²) >= 11 is 0. The van der Waals surface area contributed by atoms with Crippen LogP contribution in [-0.4, -0.2) is 69.8 Å². The van der Waals surface area contributed by atoms with E-state index in [1.165, 1.54) is 6.33 Å². The molecule has 0 radical (unpaired) electrons. The Morgan fingerprint density at radius 3 is 2.38 bits per heavy atom. The van der Waals surface area contributed by atoms with Gasteiger partial charge in [0.1, 0.15) is 17.7 Å². The van der Waals surface area contributed by atoms with Gasteiger partial charge in [-0.1, -0.05) is 0 Å². The third-order valence-electron chi connectivity index (χ3n) is 3.62.